The Kier molecular flexibility index (Phi) is 8.28. The van der Waals surface area contributed by atoms with Gasteiger partial charge in [-0.1, -0.05) is 27.7 Å². The van der Waals surface area contributed by atoms with Crippen molar-refractivity contribution in [2.45, 2.75) is 53.4 Å². The lowest BCUT2D eigenvalue weighted by atomic mass is 9.92. The fourth-order valence-corrected chi connectivity index (χ4v) is 3.06. The zero-order chi connectivity index (χ0) is 16.7. The number of sulfonamides is 1. The van der Waals surface area contributed by atoms with Crippen molar-refractivity contribution in [3.05, 3.63) is 0 Å². The summed E-state index contributed by atoms with van der Waals surface area (Å²) in [6.07, 6.45) is 1.47. The maximum Gasteiger partial charge on any atom is 0.268 e. The van der Waals surface area contributed by atoms with Crippen LogP contribution in [-0.4, -0.2) is 50.7 Å². The molecule has 0 saturated carbocycles. The predicted octanol–water partition coefficient (Wildman–Crippen LogP) is 3.14. The van der Waals surface area contributed by atoms with Gasteiger partial charge in [-0.25, -0.2) is 21.5 Å². The van der Waals surface area contributed by atoms with Gasteiger partial charge in [0.15, 0.2) is 0 Å². The van der Waals surface area contributed by atoms with Crippen LogP contribution in [0.3, 0.4) is 0 Å². The minimum absolute atomic E-state index is 0.0439. The van der Waals surface area contributed by atoms with E-state index in [9.17, 15) is 17.2 Å². The monoisotopic (exact) mass is 329 g/mol. The van der Waals surface area contributed by atoms with E-state index in [4.69, 9.17) is 4.74 Å². The molecule has 0 aromatic rings. The molecule has 0 radical (unpaired) electrons. The van der Waals surface area contributed by atoms with Crippen molar-refractivity contribution in [1.82, 2.24) is 4.31 Å². The first-order valence-corrected chi connectivity index (χ1v) is 8.92. The molecule has 0 aliphatic carbocycles. The molecule has 0 aliphatic rings. The van der Waals surface area contributed by atoms with Crippen LogP contribution in [0.2, 0.25) is 0 Å². The Morgan fingerprint density at radius 3 is 2.10 bits per heavy atom. The Bertz CT molecular complexity index is 386. The van der Waals surface area contributed by atoms with Crippen LogP contribution in [0.15, 0.2) is 0 Å². The molecule has 0 rings (SSSR count). The number of halogens is 2. The van der Waals surface area contributed by atoms with Crippen LogP contribution >= 0.6 is 0 Å². The van der Waals surface area contributed by atoms with Crippen molar-refractivity contribution in [2.75, 3.05) is 32.1 Å². The van der Waals surface area contributed by atoms with Gasteiger partial charge in [-0.3, -0.25) is 0 Å². The average molecular weight is 329 g/mol. The zero-order valence-corrected chi connectivity index (χ0v) is 14.6. The van der Waals surface area contributed by atoms with Crippen LogP contribution in [0, 0.1) is 5.41 Å². The first-order chi connectivity index (χ1) is 9.37. The van der Waals surface area contributed by atoms with Gasteiger partial charge < -0.3 is 4.74 Å². The van der Waals surface area contributed by atoms with E-state index in [1.54, 1.807) is 0 Å². The molecule has 0 spiro atoms. The van der Waals surface area contributed by atoms with E-state index < -0.39 is 22.6 Å². The molecule has 21 heavy (non-hydrogen) atoms. The third kappa shape index (κ3) is 11.0. The smallest absolute Gasteiger partial charge is 0.268 e. The van der Waals surface area contributed by atoms with Gasteiger partial charge >= 0.3 is 0 Å². The standard InChI is InChI=1S/C14H29F2NO3S/c1-6-8-17(9-7-13(2,3)4)21(18,19)11-10-20-12-14(5,15)16/h6-12H2,1-5H3. The Labute approximate surface area is 127 Å². The van der Waals surface area contributed by atoms with E-state index in [-0.39, 0.29) is 17.8 Å². The van der Waals surface area contributed by atoms with E-state index >= 15 is 0 Å². The molecule has 7 heteroatoms. The molecule has 0 unspecified atom stereocenters. The first-order valence-electron chi connectivity index (χ1n) is 7.31. The molecular weight excluding hydrogens is 300 g/mol. The summed E-state index contributed by atoms with van der Waals surface area (Å²) < 4.78 is 55.8. The minimum Gasteiger partial charge on any atom is -0.374 e. The lowest BCUT2D eigenvalue weighted by molar-refractivity contribution is -0.0591. The maximum atomic E-state index is 12.6. The molecule has 0 atom stereocenters. The third-order valence-corrected chi connectivity index (χ3v) is 4.65. The lowest BCUT2D eigenvalue weighted by Crippen LogP contribution is -2.37. The van der Waals surface area contributed by atoms with Crippen molar-refractivity contribution in [2.24, 2.45) is 5.41 Å². The van der Waals surface area contributed by atoms with Crippen LogP contribution in [0.25, 0.3) is 0 Å². The summed E-state index contributed by atoms with van der Waals surface area (Å²) in [4.78, 5) is 0. The van der Waals surface area contributed by atoms with E-state index in [0.717, 1.165) is 19.8 Å². The van der Waals surface area contributed by atoms with Crippen LogP contribution in [0.5, 0.6) is 0 Å². The summed E-state index contributed by atoms with van der Waals surface area (Å²) >= 11 is 0. The summed E-state index contributed by atoms with van der Waals surface area (Å²) in [5.41, 5.74) is 0.0439. The van der Waals surface area contributed by atoms with Gasteiger partial charge in [-0.2, -0.15) is 0 Å². The van der Waals surface area contributed by atoms with Gasteiger partial charge in [0, 0.05) is 20.0 Å². The number of nitrogens with zero attached hydrogens (tertiary/aromatic N) is 1. The summed E-state index contributed by atoms with van der Waals surface area (Å²) in [6.45, 7) is 8.75. The molecule has 128 valence electrons. The second-order valence-electron chi connectivity index (χ2n) is 6.65. The van der Waals surface area contributed by atoms with Crippen LogP contribution in [0.4, 0.5) is 8.78 Å². The molecule has 0 N–H and O–H groups in total. The fraction of sp³-hybridized carbons (Fsp3) is 1.00. The topological polar surface area (TPSA) is 46.6 Å². The maximum absolute atomic E-state index is 12.6. The van der Waals surface area contributed by atoms with E-state index in [1.807, 2.05) is 6.92 Å². The Hall–Kier alpha value is -0.270. The van der Waals surface area contributed by atoms with Gasteiger partial charge in [0.05, 0.1) is 12.4 Å². The predicted molar refractivity (Wildman–Crippen MR) is 81.2 cm³/mol. The number of rotatable bonds is 10. The highest BCUT2D eigenvalue weighted by molar-refractivity contribution is 7.89. The highest BCUT2D eigenvalue weighted by Gasteiger charge is 2.25. The summed E-state index contributed by atoms with van der Waals surface area (Å²) in [6, 6.07) is 0. The highest BCUT2D eigenvalue weighted by atomic mass is 32.2. The average Bonchev–Trinajstić information content (AvgIpc) is 2.27. The largest absolute Gasteiger partial charge is 0.374 e. The molecule has 0 heterocycles. The summed E-state index contributed by atoms with van der Waals surface area (Å²) in [5, 5.41) is 0. The normalized spacial score (nSPS) is 13.9. The highest BCUT2D eigenvalue weighted by Crippen LogP contribution is 2.20. The summed E-state index contributed by atoms with van der Waals surface area (Å²) in [5.74, 6) is -3.19. The molecule has 0 amide bonds. The second kappa shape index (κ2) is 8.39. The van der Waals surface area contributed by atoms with Crippen molar-refractivity contribution in [3.8, 4) is 0 Å². The molecule has 0 saturated heterocycles. The fourth-order valence-electron chi connectivity index (χ4n) is 1.64. The third-order valence-electron chi connectivity index (χ3n) is 2.82. The molecular formula is C14H29F2NO3S. The van der Waals surface area contributed by atoms with E-state index in [2.05, 4.69) is 20.8 Å². The Balaban J connectivity index is 4.44. The number of ether oxygens (including phenoxy) is 1. The molecule has 0 aromatic heterocycles. The van der Waals surface area contributed by atoms with Gasteiger partial charge in [-0.15, -0.1) is 0 Å². The molecule has 4 nitrogen and oxygen atoms in total. The zero-order valence-electron chi connectivity index (χ0n) is 13.8. The van der Waals surface area contributed by atoms with Gasteiger partial charge in [0.25, 0.3) is 5.92 Å². The quantitative estimate of drug-likeness (QED) is 0.579. The van der Waals surface area contributed by atoms with Crippen molar-refractivity contribution in [3.63, 3.8) is 0 Å². The number of hydrogen-bond acceptors (Lipinski definition) is 3. The Morgan fingerprint density at radius 1 is 1.10 bits per heavy atom. The van der Waals surface area contributed by atoms with Crippen LogP contribution in [-0.2, 0) is 14.8 Å². The SMILES string of the molecule is CCCN(CCC(C)(C)C)S(=O)(=O)CCOCC(C)(F)F. The molecule has 0 aliphatic heterocycles. The molecule has 0 fully saturated rings. The molecule has 0 aromatic carbocycles. The van der Waals surface area contributed by atoms with E-state index in [0.29, 0.717) is 13.1 Å². The number of alkyl halides is 2. The first kappa shape index (κ1) is 20.7. The van der Waals surface area contributed by atoms with Crippen LogP contribution < -0.4 is 0 Å². The van der Waals surface area contributed by atoms with E-state index in [1.165, 1.54) is 4.31 Å². The van der Waals surface area contributed by atoms with Crippen molar-refractivity contribution >= 4 is 10.0 Å². The minimum atomic E-state index is -3.46. The molecule has 0 bridgehead atoms. The van der Waals surface area contributed by atoms with Gasteiger partial charge in [-0.05, 0) is 18.3 Å². The second-order valence-corrected chi connectivity index (χ2v) is 8.74. The van der Waals surface area contributed by atoms with Crippen molar-refractivity contribution in [1.29, 1.82) is 0 Å². The lowest BCUT2D eigenvalue weighted by Gasteiger charge is -2.26. The Morgan fingerprint density at radius 2 is 1.67 bits per heavy atom. The van der Waals surface area contributed by atoms with Gasteiger partial charge in [0.2, 0.25) is 10.0 Å². The van der Waals surface area contributed by atoms with Crippen molar-refractivity contribution < 1.29 is 21.9 Å². The summed E-state index contributed by atoms with van der Waals surface area (Å²) in [7, 11) is -3.46. The van der Waals surface area contributed by atoms with Gasteiger partial charge in [0.1, 0.15) is 6.61 Å². The number of hydrogen-bond donors (Lipinski definition) is 0. The van der Waals surface area contributed by atoms with Crippen LogP contribution in [0.1, 0.15) is 47.5 Å².